The van der Waals surface area contributed by atoms with E-state index in [9.17, 15) is 19.0 Å². The first kappa shape index (κ1) is 79.5. The minimum absolute atomic E-state index is 0.0202. The molecule has 0 spiro atoms. The topological polar surface area (TPSA) is 114 Å². The van der Waals surface area contributed by atoms with Gasteiger partial charge in [0.05, 0.1) is 33.8 Å². The van der Waals surface area contributed by atoms with Crippen LogP contribution in [0.2, 0.25) is 0 Å². The van der Waals surface area contributed by atoms with Crippen molar-refractivity contribution in [2.45, 2.75) is 380 Å². The molecule has 0 aromatic heterocycles. The molecule has 0 saturated heterocycles. The van der Waals surface area contributed by atoms with Gasteiger partial charge in [0.15, 0.2) is 0 Å². The molecule has 1 N–H and O–H groups in total. The largest absolute Gasteiger partial charge is 0.756 e. The molecular formula is C71H139N2O7P. The van der Waals surface area contributed by atoms with Crippen LogP contribution < -0.4 is 10.2 Å². The first-order valence-corrected chi connectivity index (χ1v) is 37.1. The Balaban J connectivity index is 4.96. The summed E-state index contributed by atoms with van der Waals surface area (Å²) < 4.78 is 30.4. The van der Waals surface area contributed by atoms with Crippen LogP contribution in [-0.4, -0.2) is 69.4 Å². The van der Waals surface area contributed by atoms with Gasteiger partial charge in [0.2, 0.25) is 5.91 Å². The number of nitrogens with one attached hydrogen (secondary N) is 1. The van der Waals surface area contributed by atoms with E-state index in [1.807, 2.05) is 33.3 Å². The molecule has 0 aliphatic heterocycles. The normalized spacial score (nSPS) is 13.6. The van der Waals surface area contributed by atoms with Crippen LogP contribution in [0.4, 0.5) is 0 Å². The van der Waals surface area contributed by atoms with E-state index >= 15 is 0 Å². The lowest BCUT2D eigenvalue weighted by Crippen LogP contribution is -2.47. The van der Waals surface area contributed by atoms with Crippen molar-refractivity contribution >= 4 is 19.7 Å². The number of nitrogens with zero attached hydrogens (tertiary/aromatic N) is 1. The van der Waals surface area contributed by atoms with Crippen LogP contribution in [0.5, 0.6) is 0 Å². The quantitative estimate of drug-likeness (QED) is 0.0212. The number of likely N-dealkylation sites (N-methyl/N-ethyl adjacent to an activating group) is 1. The van der Waals surface area contributed by atoms with Crippen LogP contribution in [0.3, 0.4) is 0 Å². The molecular weight excluding hydrogens is 1020 g/mol. The van der Waals surface area contributed by atoms with Gasteiger partial charge in [0.25, 0.3) is 7.82 Å². The SMILES string of the molecule is CCCCCCCCC/C=C/CCCCCCCC(=O)NC(COP(=O)([O-])OCC[N+](C)(C)C)C(/C=C\CCCCCCCCCCCC)OC(=O)CCCCCCCCCCCCCCCCCCCCCCCCCCCCC. The van der Waals surface area contributed by atoms with Gasteiger partial charge in [-0.15, -0.1) is 0 Å². The lowest BCUT2D eigenvalue weighted by molar-refractivity contribution is -0.870. The van der Waals surface area contributed by atoms with E-state index in [4.69, 9.17) is 13.8 Å². The fourth-order valence-electron chi connectivity index (χ4n) is 10.9. The number of carbonyl (C=O) groups excluding carboxylic acids is 2. The highest BCUT2D eigenvalue weighted by atomic mass is 31.2. The fourth-order valence-corrected chi connectivity index (χ4v) is 11.6. The van der Waals surface area contributed by atoms with Crippen molar-refractivity contribution in [1.82, 2.24) is 5.32 Å². The number of allylic oxidation sites excluding steroid dienone is 3. The summed E-state index contributed by atoms with van der Waals surface area (Å²) in [5, 5.41) is 3.04. The Morgan fingerprint density at radius 3 is 1.05 bits per heavy atom. The lowest BCUT2D eigenvalue weighted by atomic mass is 10.0. The van der Waals surface area contributed by atoms with Crippen LogP contribution >= 0.6 is 7.82 Å². The van der Waals surface area contributed by atoms with E-state index in [1.54, 1.807) is 0 Å². The number of carbonyl (C=O) groups is 2. The zero-order chi connectivity index (χ0) is 59.3. The predicted molar refractivity (Wildman–Crippen MR) is 349 cm³/mol. The third-order valence-corrected chi connectivity index (χ3v) is 17.3. The van der Waals surface area contributed by atoms with E-state index in [1.165, 1.54) is 257 Å². The van der Waals surface area contributed by atoms with Gasteiger partial charge in [-0.1, -0.05) is 322 Å². The van der Waals surface area contributed by atoms with E-state index in [0.29, 0.717) is 17.4 Å². The highest BCUT2D eigenvalue weighted by molar-refractivity contribution is 7.45. The number of quaternary nitrogens is 1. The summed E-state index contributed by atoms with van der Waals surface area (Å²) in [5.74, 6) is -0.530. The van der Waals surface area contributed by atoms with Crippen molar-refractivity contribution in [1.29, 1.82) is 0 Å². The molecule has 81 heavy (non-hydrogen) atoms. The van der Waals surface area contributed by atoms with Gasteiger partial charge in [0.1, 0.15) is 19.3 Å². The molecule has 0 radical (unpaired) electrons. The van der Waals surface area contributed by atoms with Crippen molar-refractivity contribution in [2.24, 2.45) is 0 Å². The molecule has 0 aliphatic rings. The van der Waals surface area contributed by atoms with Crippen LogP contribution in [0.1, 0.15) is 367 Å². The second-order valence-electron chi connectivity index (χ2n) is 25.7. The number of unbranched alkanes of at least 4 members (excludes halogenated alkanes) is 48. The van der Waals surface area contributed by atoms with E-state index in [2.05, 4.69) is 38.2 Å². The third kappa shape index (κ3) is 62.8. The molecule has 0 rings (SSSR count). The Labute approximate surface area is 504 Å². The van der Waals surface area contributed by atoms with Crippen LogP contribution in [-0.2, 0) is 27.9 Å². The molecule has 0 heterocycles. The second kappa shape index (κ2) is 61.6. The molecule has 3 unspecified atom stereocenters. The first-order valence-electron chi connectivity index (χ1n) is 35.6. The highest BCUT2D eigenvalue weighted by Gasteiger charge is 2.27. The molecule has 0 aliphatic carbocycles. The van der Waals surface area contributed by atoms with Crippen molar-refractivity contribution in [3.05, 3.63) is 24.3 Å². The van der Waals surface area contributed by atoms with Crippen molar-refractivity contribution < 1.29 is 37.3 Å². The van der Waals surface area contributed by atoms with E-state index in [0.717, 1.165) is 77.0 Å². The molecule has 0 aromatic carbocycles. The number of hydrogen-bond acceptors (Lipinski definition) is 7. The van der Waals surface area contributed by atoms with Crippen molar-refractivity contribution in [3.63, 3.8) is 0 Å². The Hall–Kier alpha value is -1.51. The summed E-state index contributed by atoms with van der Waals surface area (Å²) in [5.41, 5.74) is 0. The smallest absolute Gasteiger partial charge is 0.306 e. The van der Waals surface area contributed by atoms with Crippen LogP contribution in [0.25, 0.3) is 0 Å². The molecule has 0 bridgehead atoms. The number of amides is 1. The summed E-state index contributed by atoms with van der Waals surface area (Å²) in [6, 6.07) is -0.888. The van der Waals surface area contributed by atoms with E-state index < -0.39 is 20.0 Å². The lowest BCUT2D eigenvalue weighted by Gasteiger charge is -2.30. The van der Waals surface area contributed by atoms with Crippen molar-refractivity contribution in [3.8, 4) is 0 Å². The summed E-state index contributed by atoms with van der Waals surface area (Å²) in [6.45, 7) is 6.90. The first-order chi connectivity index (χ1) is 39.4. The van der Waals surface area contributed by atoms with E-state index in [-0.39, 0.29) is 31.5 Å². The Morgan fingerprint density at radius 1 is 0.420 bits per heavy atom. The maximum absolute atomic E-state index is 13.6. The Morgan fingerprint density at radius 2 is 0.716 bits per heavy atom. The molecule has 0 aromatic rings. The number of phosphoric ester groups is 1. The van der Waals surface area contributed by atoms with Crippen LogP contribution in [0, 0.1) is 0 Å². The monoisotopic (exact) mass is 1160 g/mol. The second-order valence-corrected chi connectivity index (χ2v) is 27.2. The molecule has 0 saturated carbocycles. The van der Waals surface area contributed by atoms with Gasteiger partial charge in [0, 0.05) is 12.8 Å². The van der Waals surface area contributed by atoms with Gasteiger partial charge in [-0.05, 0) is 57.4 Å². The number of phosphoric acid groups is 1. The van der Waals surface area contributed by atoms with Gasteiger partial charge in [-0.2, -0.15) is 0 Å². The molecule has 10 heteroatoms. The third-order valence-electron chi connectivity index (χ3n) is 16.4. The zero-order valence-corrected chi connectivity index (χ0v) is 55.9. The van der Waals surface area contributed by atoms with Gasteiger partial charge < -0.3 is 28.5 Å². The predicted octanol–water partition coefficient (Wildman–Crippen LogP) is 21.8. The minimum atomic E-state index is -4.70. The Kier molecular flexibility index (Phi) is 60.4. The maximum atomic E-state index is 13.6. The van der Waals surface area contributed by atoms with Crippen molar-refractivity contribution in [2.75, 3.05) is 40.9 Å². The molecule has 1 amide bonds. The minimum Gasteiger partial charge on any atom is -0.756 e. The molecule has 0 fully saturated rings. The highest BCUT2D eigenvalue weighted by Crippen LogP contribution is 2.38. The summed E-state index contributed by atoms with van der Waals surface area (Å²) in [4.78, 5) is 40.1. The number of esters is 1. The van der Waals surface area contributed by atoms with Crippen LogP contribution in [0.15, 0.2) is 24.3 Å². The molecule has 9 nitrogen and oxygen atoms in total. The van der Waals surface area contributed by atoms with Gasteiger partial charge in [-0.3, -0.25) is 14.2 Å². The summed E-state index contributed by atoms with van der Waals surface area (Å²) in [7, 11) is 1.20. The standard InChI is InChI=1S/C71H139N2O7P/c1-7-10-13-16-19-22-25-28-30-32-33-34-35-36-37-38-39-40-41-42-44-46-49-52-55-58-61-64-71(75)80-69(62-59-56-53-50-47-27-24-21-18-15-12-9-3)68(67-79-81(76,77)78-66-65-73(4,5)6)72-70(74)63-60-57-54-51-48-45-43-31-29-26-23-20-17-14-11-8-2/h31,43,59,62,68-69H,7-30,32-42,44-58,60-61,63-67H2,1-6H3,(H-,72,74,76,77)/b43-31+,62-59-. The summed E-state index contributed by atoms with van der Waals surface area (Å²) in [6.07, 6.45) is 74.6. The zero-order valence-electron chi connectivity index (χ0n) is 55.0. The number of rotatable bonds is 66. The molecule has 3 atom stereocenters. The average molecular weight is 1160 g/mol. The fraction of sp³-hybridized carbons (Fsp3) is 0.915. The number of hydrogen-bond donors (Lipinski definition) is 1. The molecule has 480 valence electrons. The average Bonchev–Trinajstić information content (AvgIpc) is 3.44. The van der Waals surface area contributed by atoms with Gasteiger partial charge in [-0.25, -0.2) is 0 Å². The number of ether oxygens (including phenoxy) is 1. The van der Waals surface area contributed by atoms with Gasteiger partial charge >= 0.3 is 5.97 Å². The maximum Gasteiger partial charge on any atom is 0.306 e. The Bertz CT molecular complexity index is 1430. The summed E-state index contributed by atoms with van der Waals surface area (Å²) >= 11 is 0.